The van der Waals surface area contributed by atoms with Crippen molar-refractivity contribution in [2.75, 3.05) is 0 Å². The van der Waals surface area contributed by atoms with Crippen molar-refractivity contribution in [3.8, 4) is 0 Å². The number of hydrogen-bond acceptors (Lipinski definition) is 3. The average Bonchev–Trinajstić information content (AvgIpc) is 2.44. The monoisotopic (exact) mass is 450 g/mol. The van der Waals surface area contributed by atoms with Gasteiger partial charge in [0.2, 0.25) is 0 Å². The van der Waals surface area contributed by atoms with Gasteiger partial charge < -0.3 is 0 Å². The number of hydrogen-bond donors (Lipinski definition) is 0. The Morgan fingerprint density at radius 3 is 1.27 bits per heavy atom. The smallest absolute Gasteiger partial charge is 0.232 e. The van der Waals surface area contributed by atoms with Gasteiger partial charge in [-0.05, 0) is 4.53 Å². The molecule has 0 aromatic carbocycles. The van der Waals surface area contributed by atoms with Crippen LogP contribution in [0.1, 0.15) is 0 Å². The quantitative estimate of drug-likeness (QED) is 0.545. The summed E-state index contributed by atoms with van der Waals surface area (Å²) >= 11 is 0. The SMILES string of the molecule is O=S(=O)(OF)C(F)(F)C(F)C(F)(F)C(F)(F)C(F)(F)C(F)(F)C(F)(F)F. The van der Waals surface area contributed by atoms with E-state index in [2.05, 4.69) is 0 Å². The van der Waals surface area contributed by atoms with Gasteiger partial charge >= 0.3 is 45.2 Å². The van der Waals surface area contributed by atoms with Gasteiger partial charge in [0.25, 0.3) is 6.17 Å². The van der Waals surface area contributed by atoms with Gasteiger partial charge in [0, 0.05) is 0 Å². The van der Waals surface area contributed by atoms with Crippen LogP contribution in [0.5, 0.6) is 0 Å². The zero-order valence-electron chi connectivity index (χ0n) is 10.9. The fourth-order valence-corrected chi connectivity index (χ4v) is 1.61. The maximum Gasteiger partial charge on any atom is 0.460 e. The second-order valence-corrected chi connectivity index (χ2v) is 5.86. The van der Waals surface area contributed by atoms with Crippen LogP contribution in [0.15, 0.2) is 0 Å². The van der Waals surface area contributed by atoms with Gasteiger partial charge in [-0.2, -0.15) is 65.5 Å². The van der Waals surface area contributed by atoms with Gasteiger partial charge in [0.15, 0.2) is 0 Å². The molecular weight excluding hydrogens is 449 g/mol. The molecule has 0 rings (SSSR count). The summed E-state index contributed by atoms with van der Waals surface area (Å²) in [4.78, 5) is 0. The standard InChI is InChI=1S/C7HF15O3S/c8-1(3(11,12)26(23,24)25-22)2(9,10)4(13,14)5(15,16)6(17,18)7(19,20)21/h1H. The highest BCUT2D eigenvalue weighted by Gasteiger charge is 2.90. The summed E-state index contributed by atoms with van der Waals surface area (Å²) in [6, 6.07) is 0. The van der Waals surface area contributed by atoms with E-state index in [4.69, 9.17) is 0 Å². The minimum absolute atomic E-state index is 1.33. The summed E-state index contributed by atoms with van der Waals surface area (Å²) in [5, 5.41) is -7.11. The van der Waals surface area contributed by atoms with Crippen molar-refractivity contribution >= 4 is 10.1 Å². The van der Waals surface area contributed by atoms with Crippen LogP contribution in [0.25, 0.3) is 0 Å². The maximum atomic E-state index is 12.9. The predicted octanol–water partition coefficient (Wildman–Crippen LogP) is 4.25. The predicted molar refractivity (Wildman–Crippen MR) is 46.8 cm³/mol. The first kappa shape index (κ1) is 24.9. The van der Waals surface area contributed by atoms with E-state index in [-0.39, 0.29) is 0 Å². The summed E-state index contributed by atoms with van der Waals surface area (Å²) in [5.41, 5.74) is 0. The fourth-order valence-electron chi connectivity index (χ4n) is 1.12. The summed E-state index contributed by atoms with van der Waals surface area (Å²) in [7, 11) is -7.49. The molecule has 0 saturated heterocycles. The molecule has 0 heterocycles. The first-order valence-electron chi connectivity index (χ1n) is 5.11. The molecule has 0 saturated carbocycles. The van der Waals surface area contributed by atoms with E-state index < -0.39 is 51.4 Å². The molecule has 3 nitrogen and oxygen atoms in total. The highest BCUT2D eigenvalue weighted by atomic mass is 32.2. The maximum absolute atomic E-state index is 12.9. The molecule has 0 fully saturated rings. The van der Waals surface area contributed by atoms with Crippen molar-refractivity contribution in [1.82, 2.24) is 0 Å². The molecule has 0 amide bonds. The molecule has 0 aliphatic rings. The Balaban J connectivity index is 6.44. The third-order valence-electron chi connectivity index (χ3n) is 2.59. The molecule has 158 valence electrons. The van der Waals surface area contributed by atoms with Crippen molar-refractivity contribution in [3.63, 3.8) is 0 Å². The van der Waals surface area contributed by atoms with Crippen LogP contribution in [-0.2, 0) is 14.5 Å². The number of rotatable bonds is 7. The molecule has 1 unspecified atom stereocenters. The van der Waals surface area contributed by atoms with E-state index in [0.29, 0.717) is 0 Å². The first-order chi connectivity index (χ1) is 11.0. The van der Waals surface area contributed by atoms with Crippen LogP contribution in [0.2, 0.25) is 0 Å². The van der Waals surface area contributed by atoms with Gasteiger partial charge in [-0.1, -0.05) is 4.39 Å². The molecule has 0 bridgehead atoms. The van der Waals surface area contributed by atoms with Crippen LogP contribution >= 0.6 is 0 Å². The lowest BCUT2D eigenvalue weighted by Crippen LogP contribution is -2.70. The molecule has 1 atom stereocenters. The number of alkyl halides is 14. The van der Waals surface area contributed by atoms with Crippen LogP contribution in [0.4, 0.5) is 66.0 Å². The molecule has 0 spiro atoms. The van der Waals surface area contributed by atoms with Crippen molar-refractivity contribution in [3.05, 3.63) is 0 Å². The van der Waals surface area contributed by atoms with Gasteiger partial charge in [-0.25, -0.2) is 4.39 Å². The fraction of sp³-hybridized carbons (Fsp3) is 1.00. The highest BCUT2D eigenvalue weighted by molar-refractivity contribution is 7.87. The third kappa shape index (κ3) is 3.15. The Labute approximate surface area is 131 Å². The summed E-state index contributed by atoms with van der Waals surface area (Å²) in [6.45, 7) is 0. The van der Waals surface area contributed by atoms with E-state index in [9.17, 15) is 74.4 Å². The Kier molecular flexibility index (Phi) is 5.92. The zero-order chi connectivity index (χ0) is 21.8. The molecule has 0 aliphatic heterocycles. The first-order valence-corrected chi connectivity index (χ1v) is 6.52. The van der Waals surface area contributed by atoms with E-state index >= 15 is 0 Å². The van der Waals surface area contributed by atoms with Crippen LogP contribution in [0, 0.1) is 0 Å². The third-order valence-corrected chi connectivity index (χ3v) is 3.63. The summed E-state index contributed by atoms with van der Waals surface area (Å²) in [5.74, 6) is -32.4. The molecule has 26 heavy (non-hydrogen) atoms. The van der Waals surface area contributed by atoms with Crippen molar-refractivity contribution in [2.24, 2.45) is 0 Å². The molecule has 0 aromatic heterocycles. The molecule has 0 aromatic rings. The average molecular weight is 450 g/mol. The summed E-state index contributed by atoms with van der Waals surface area (Å²) < 4.78 is 208. The summed E-state index contributed by atoms with van der Waals surface area (Å²) in [6.07, 6.45) is -14.1. The van der Waals surface area contributed by atoms with Gasteiger partial charge in [-0.15, -0.1) is 0 Å². The second-order valence-electron chi connectivity index (χ2n) is 4.29. The Bertz CT molecular complexity index is 620. The van der Waals surface area contributed by atoms with Crippen molar-refractivity contribution in [2.45, 2.75) is 41.3 Å². The van der Waals surface area contributed by atoms with Crippen LogP contribution in [-0.4, -0.2) is 49.7 Å². The van der Waals surface area contributed by atoms with Crippen LogP contribution in [0.3, 0.4) is 0 Å². The van der Waals surface area contributed by atoms with E-state index in [1.165, 1.54) is 4.39 Å². The van der Waals surface area contributed by atoms with E-state index in [1.54, 1.807) is 0 Å². The second kappa shape index (κ2) is 6.20. The topological polar surface area (TPSA) is 43.4 Å². The van der Waals surface area contributed by atoms with Crippen molar-refractivity contribution < 1.29 is 78.8 Å². The molecule has 0 radical (unpaired) electrons. The van der Waals surface area contributed by atoms with E-state index in [1.807, 2.05) is 0 Å². The van der Waals surface area contributed by atoms with Gasteiger partial charge in [-0.3, -0.25) is 0 Å². The Morgan fingerprint density at radius 1 is 0.654 bits per heavy atom. The normalized spacial score (nSPS) is 17.3. The lowest BCUT2D eigenvalue weighted by Gasteiger charge is -2.38. The molecule has 0 aliphatic carbocycles. The van der Waals surface area contributed by atoms with Gasteiger partial charge in [0.1, 0.15) is 0 Å². The van der Waals surface area contributed by atoms with Crippen molar-refractivity contribution in [1.29, 1.82) is 0 Å². The minimum Gasteiger partial charge on any atom is -0.232 e. The molecule has 0 N–H and O–H groups in total. The highest BCUT2D eigenvalue weighted by Crippen LogP contribution is 2.59. The minimum atomic E-state index is -8.26. The lowest BCUT2D eigenvalue weighted by molar-refractivity contribution is -0.429. The largest absolute Gasteiger partial charge is 0.460 e. The Hall–Kier alpha value is -1.14. The van der Waals surface area contributed by atoms with Gasteiger partial charge in [0.05, 0.1) is 0 Å². The Morgan fingerprint density at radius 2 is 1.00 bits per heavy atom. The lowest BCUT2D eigenvalue weighted by atomic mass is 9.95. The van der Waals surface area contributed by atoms with Crippen LogP contribution < -0.4 is 0 Å². The van der Waals surface area contributed by atoms with E-state index in [0.717, 1.165) is 0 Å². The zero-order valence-corrected chi connectivity index (χ0v) is 11.7. The molecular formula is C7HF15O3S. The molecule has 19 heteroatoms. The number of halogens is 15.